The normalized spacial score (nSPS) is 24.1. The van der Waals surface area contributed by atoms with Gasteiger partial charge >= 0.3 is 0 Å². The quantitative estimate of drug-likeness (QED) is 0.813. The van der Waals surface area contributed by atoms with Gasteiger partial charge in [-0.15, -0.1) is 0 Å². The molecule has 0 saturated carbocycles. The summed E-state index contributed by atoms with van der Waals surface area (Å²) < 4.78 is 0. The van der Waals surface area contributed by atoms with E-state index in [9.17, 15) is 4.79 Å². The van der Waals surface area contributed by atoms with Crippen molar-refractivity contribution in [2.75, 3.05) is 39.8 Å². The molecule has 0 aromatic rings. The predicted molar refractivity (Wildman–Crippen MR) is 73.5 cm³/mol. The Morgan fingerprint density at radius 3 is 2.39 bits per heavy atom. The molecule has 2 fully saturated rings. The lowest BCUT2D eigenvalue weighted by molar-refractivity contribution is -0.138. The van der Waals surface area contributed by atoms with Crippen molar-refractivity contribution in [2.45, 2.75) is 38.6 Å². The Hall–Kier alpha value is -0.610. The summed E-state index contributed by atoms with van der Waals surface area (Å²) in [6.07, 6.45) is 4.30. The highest BCUT2D eigenvalue weighted by molar-refractivity contribution is 5.79. The Balaban J connectivity index is 1.83. The van der Waals surface area contributed by atoms with E-state index in [4.69, 9.17) is 0 Å². The van der Waals surface area contributed by atoms with Crippen LogP contribution >= 0.6 is 0 Å². The minimum absolute atomic E-state index is 0.264. The van der Waals surface area contributed by atoms with Gasteiger partial charge in [0.05, 0.1) is 0 Å². The van der Waals surface area contributed by atoms with Gasteiger partial charge in [-0.1, -0.05) is 6.92 Å². The van der Waals surface area contributed by atoms with Crippen molar-refractivity contribution >= 4 is 5.91 Å². The monoisotopic (exact) mass is 253 g/mol. The van der Waals surface area contributed by atoms with Gasteiger partial charge < -0.3 is 15.1 Å². The first kappa shape index (κ1) is 13.8. The zero-order valence-electron chi connectivity index (χ0n) is 11.8. The number of amides is 1. The SMILES string of the molecule is CCN1CCC(N(C)C(=O)C2CCNCC2)CC1. The number of hydrogen-bond donors (Lipinski definition) is 1. The number of nitrogens with one attached hydrogen (secondary N) is 1. The fourth-order valence-electron chi connectivity index (χ4n) is 3.16. The van der Waals surface area contributed by atoms with Crippen molar-refractivity contribution < 1.29 is 4.79 Å². The van der Waals surface area contributed by atoms with E-state index in [0.29, 0.717) is 11.9 Å². The number of carbonyl (C=O) groups excluding carboxylic acids is 1. The largest absolute Gasteiger partial charge is 0.342 e. The molecular weight excluding hydrogens is 226 g/mol. The van der Waals surface area contributed by atoms with Crippen molar-refractivity contribution in [3.05, 3.63) is 0 Å². The molecule has 1 amide bonds. The van der Waals surface area contributed by atoms with E-state index in [1.54, 1.807) is 0 Å². The average Bonchev–Trinajstić information content (AvgIpc) is 2.47. The van der Waals surface area contributed by atoms with Gasteiger partial charge in [-0.05, 0) is 45.3 Å². The second kappa shape index (κ2) is 6.53. The summed E-state index contributed by atoms with van der Waals surface area (Å²) in [7, 11) is 2.01. The van der Waals surface area contributed by atoms with Crippen molar-refractivity contribution in [2.24, 2.45) is 5.92 Å². The highest BCUT2D eigenvalue weighted by Gasteiger charge is 2.29. The van der Waals surface area contributed by atoms with Crippen molar-refractivity contribution in [1.82, 2.24) is 15.1 Å². The Kier molecular flexibility index (Phi) is 5.01. The van der Waals surface area contributed by atoms with Crippen LogP contribution in [0.2, 0.25) is 0 Å². The molecule has 18 heavy (non-hydrogen) atoms. The third-order valence-corrected chi connectivity index (χ3v) is 4.59. The second-order valence-electron chi connectivity index (χ2n) is 5.64. The number of piperidine rings is 2. The van der Waals surface area contributed by atoms with Crippen LogP contribution in [-0.4, -0.2) is 61.5 Å². The van der Waals surface area contributed by atoms with Gasteiger partial charge in [-0.3, -0.25) is 4.79 Å². The number of likely N-dealkylation sites (tertiary alicyclic amines) is 1. The first-order valence-corrected chi connectivity index (χ1v) is 7.42. The molecule has 2 aliphatic heterocycles. The van der Waals surface area contributed by atoms with E-state index in [-0.39, 0.29) is 5.92 Å². The minimum atomic E-state index is 0.264. The molecule has 0 bridgehead atoms. The van der Waals surface area contributed by atoms with Crippen LogP contribution in [0, 0.1) is 5.92 Å². The molecule has 2 heterocycles. The maximum absolute atomic E-state index is 12.4. The van der Waals surface area contributed by atoms with Gasteiger partial charge in [0.25, 0.3) is 0 Å². The Morgan fingerprint density at radius 1 is 1.22 bits per heavy atom. The first-order chi connectivity index (χ1) is 8.72. The standard InChI is InChI=1S/C14H27N3O/c1-3-17-10-6-13(7-11-17)16(2)14(18)12-4-8-15-9-5-12/h12-13,15H,3-11H2,1-2H3. The topological polar surface area (TPSA) is 35.6 Å². The Labute approximate surface area is 111 Å². The Bertz CT molecular complexity index is 268. The summed E-state index contributed by atoms with van der Waals surface area (Å²) in [5, 5.41) is 3.32. The van der Waals surface area contributed by atoms with Gasteiger partial charge in [0, 0.05) is 32.1 Å². The summed E-state index contributed by atoms with van der Waals surface area (Å²) >= 11 is 0. The maximum atomic E-state index is 12.4. The lowest BCUT2D eigenvalue weighted by atomic mass is 9.94. The lowest BCUT2D eigenvalue weighted by Crippen LogP contribution is -2.48. The van der Waals surface area contributed by atoms with Gasteiger partial charge in [0.1, 0.15) is 0 Å². The molecule has 4 nitrogen and oxygen atoms in total. The molecule has 104 valence electrons. The van der Waals surface area contributed by atoms with Gasteiger partial charge in [-0.2, -0.15) is 0 Å². The molecule has 0 spiro atoms. The van der Waals surface area contributed by atoms with Crippen molar-refractivity contribution in [3.8, 4) is 0 Å². The molecule has 0 unspecified atom stereocenters. The van der Waals surface area contributed by atoms with Gasteiger partial charge in [0.2, 0.25) is 5.91 Å². The lowest BCUT2D eigenvalue weighted by Gasteiger charge is -2.38. The molecular formula is C14H27N3O. The van der Waals surface area contributed by atoms with Crippen LogP contribution in [-0.2, 0) is 4.79 Å². The molecule has 0 aromatic carbocycles. The van der Waals surface area contributed by atoms with Crippen LogP contribution < -0.4 is 5.32 Å². The van der Waals surface area contributed by atoms with E-state index in [1.165, 1.54) is 0 Å². The summed E-state index contributed by atoms with van der Waals surface area (Å²) in [4.78, 5) is 16.9. The van der Waals surface area contributed by atoms with Gasteiger partial charge in [0.15, 0.2) is 0 Å². The van der Waals surface area contributed by atoms with E-state index in [0.717, 1.165) is 58.4 Å². The van der Waals surface area contributed by atoms with Crippen LogP contribution in [0.15, 0.2) is 0 Å². The minimum Gasteiger partial charge on any atom is -0.342 e. The van der Waals surface area contributed by atoms with Crippen LogP contribution in [0.5, 0.6) is 0 Å². The summed E-state index contributed by atoms with van der Waals surface area (Å²) in [5.74, 6) is 0.645. The first-order valence-electron chi connectivity index (χ1n) is 7.42. The second-order valence-corrected chi connectivity index (χ2v) is 5.64. The predicted octanol–water partition coefficient (Wildman–Crippen LogP) is 0.929. The van der Waals surface area contributed by atoms with E-state index >= 15 is 0 Å². The smallest absolute Gasteiger partial charge is 0.225 e. The highest BCUT2D eigenvalue weighted by Crippen LogP contribution is 2.20. The fourth-order valence-corrected chi connectivity index (χ4v) is 3.16. The molecule has 1 N–H and O–H groups in total. The summed E-state index contributed by atoms with van der Waals surface area (Å²) in [6, 6.07) is 0.468. The molecule has 0 radical (unpaired) electrons. The van der Waals surface area contributed by atoms with Crippen molar-refractivity contribution in [1.29, 1.82) is 0 Å². The number of rotatable bonds is 3. The van der Waals surface area contributed by atoms with Gasteiger partial charge in [-0.25, -0.2) is 0 Å². The fraction of sp³-hybridized carbons (Fsp3) is 0.929. The maximum Gasteiger partial charge on any atom is 0.225 e. The molecule has 2 saturated heterocycles. The van der Waals surface area contributed by atoms with Crippen LogP contribution in [0.25, 0.3) is 0 Å². The molecule has 2 rings (SSSR count). The van der Waals surface area contributed by atoms with E-state index < -0.39 is 0 Å². The molecule has 0 aromatic heterocycles. The van der Waals surface area contributed by atoms with E-state index in [1.807, 2.05) is 11.9 Å². The summed E-state index contributed by atoms with van der Waals surface area (Å²) in [6.45, 7) is 7.63. The third kappa shape index (κ3) is 3.23. The number of nitrogens with zero attached hydrogens (tertiary/aromatic N) is 2. The highest BCUT2D eigenvalue weighted by atomic mass is 16.2. The number of carbonyl (C=O) groups is 1. The summed E-state index contributed by atoms with van der Waals surface area (Å²) in [5.41, 5.74) is 0. The van der Waals surface area contributed by atoms with Crippen LogP contribution in [0.3, 0.4) is 0 Å². The zero-order valence-corrected chi connectivity index (χ0v) is 11.8. The van der Waals surface area contributed by atoms with E-state index in [2.05, 4.69) is 17.1 Å². The van der Waals surface area contributed by atoms with Crippen LogP contribution in [0.4, 0.5) is 0 Å². The molecule has 0 atom stereocenters. The zero-order chi connectivity index (χ0) is 13.0. The molecule has 0 aliphatic carbocycles. The van der Waals surface area contributed by atoms with Crippen LogP contribution in [0.1, 0.15) is 32.6 Å². The third-order valence-electron chi connectivity index (χ3n) is 4.59. The number of hydrogen-bond acceptors (Lipinski definition) is 3. The average molecular weight is 253 g/mol. The molecule has 2 aliphatic rings. The molecule has 4 heteroatoms. The Morgan fingerprint density at radius 2 is 1.83 bits per heavy atom. The van der Waals surface area contributed by atoms with Crippen molar-refractivity contribution in [3.63, 3.8) is 0 Å².